The van der Waals surface area contributed by atoms with E-state index < -0.39 is 0 Å². The zero-order valence-corrected chi connectivity index (χ0v) is 16.1. The van der Waals surface area contributed by atoms with E-state index in [0.29, 0.717) is 0 Å². The molecule has 2 heterocycles. The Hall–Kier alpha value is -3.18. The van der Waals surface area contributed by atoms with E-state index in [4.69, 9.17) is 0 Å². The number of hydrogen-bond acceptors (Lipinski definition) is 5. The van der Waals surface area contributed by atoms with Gasteiger partial charge in [0.25, 0.3) is 0 Å². The number of para-hydroxylation sites is 2. The van der Waals surface area contributed by atoms with Gasteiger partial charge in [0.15, 0.2) is 0 Å². The van der Waals surface area contributed by atoms with Gasteiger partial charge in [0.05, 0.1) is 11.0 Å². The number of pyridine rings is 2. The van der Waals surface area contributed by atoms with E-state index in [0.717, 1.165) is 48.6 Å². The van der Waals surface area contributed by atoms with E-state index in [1.807, 2.05) is 48.8 Å². The summed E-state index contributed by atoms with van der Waals surface area (Å²) in [5.41, 5.74) is 4.32. The fourth-order valence-electron chi connectivity index (χ4n) is 3.37. The monoisotopic (exact) mass is 371 g/mol. The second kappa shape index (κ2) is 8.67. The number of nitrogens with zero attached hydrogens (tertiary/aromatic N) is 3. The molecule has 5 nitrogen and oxygen atoms in total. The summed E-state index contributed by atoms with van der Waals surface area (Å²) in [6.45, 7) is 3.72. The van der Waals surface area contributed by atoms with Gasteiger partial charge in [0.2, 0.25) is 0 Å². The van der Waals surface area contributed by atoms with Crippen LogP contribution in [-0.4, -0.2) is 48.1 Å². The maximum absolute atomic E-state index is 4.41. The van der Waals surface area contributed by atoms with Crippen LogP contribution >= 0.6 is 0 Å². The molecule has 0 fully saturated rings. The van der Waals surface area contributed by atoms with Crippen molar-refractivity contribution in [2.45, 2.75) is 0 Å². The van der Waals surface area contributed by atoms with Crippen molar-refractivity contribution >= 4 is 33.2 Å². The molecule has 2 aromatic heterocycles. The first kappa shape index (κ1) is 18.2. The summed E-state index contributed by atoms with van der Waals surface area (Å²) in [7, 11) is 2.15. The van der Waals surface area contributed by atoms with Gasteiger partial charge < -0.3 is 15.5 Å². The van der Waals surface area contributed by atoms with E-state index in [-0.39, 0.29) is 0 Å². The summed E-state index contributed by atoms with van der Waals surface area (Å²) >= 11 is 0. The molecule has 4 aromatic rings. The Kier molecular flexibility index (Phi) is 5.64. The lowest BCUT2D eigenvalue weighted by Crippen LogP contribution is -2.29. The van der Waals surface area contributed by atoms with Gasteiger partial charge in [-0.05, 0) is 31.3 Å². The number of nitrogens with one attached hydrogen (secondary N) is 2. The summed E-state index contributed by atoms with van der Waals surface area (Å²) in [5, 5.41) is 9.41. The van der Waals surface area contributed by atoms with Gasteiger partial charge in [-0.3, -0.25) is 9.97 Å². The quantitative estimate of drug-likeness (QED) is 0.485. The highest BCUT2D eigenvalue weighted by atomic mass is 15.1. The number of benzene rings is 2. The molecule has 2 N–H and O–H groups in total. The van der Waals surface area contributed by atoms with Crippen molar-refractivity contribution in [3.8, 4) is 0 Å². The first-order chi connectivity index (χ1) is 13.8. The largest absolute Gasteiger partial charge is 0.383 e. The van der Waals surface area contributed by atoms with Crippen molar-refractivity contribution in [3.63, 3.8) is 0 Å². The summed E-state index contributed by atoms with van der Waals surface area (Å²) in [6, 6.07) is 20.5. The minimum absolute atomic E-state index is 0.892. The fourth-order valence-corrected chi connectivity index (χ4v) is 3.37. The third-order valence-electron chi connectivity index (χ3n) is 4.92. The zero-order chi connectivity index (χ0) is 19.2. The predicted octanol–water partition coefficient (Wildman–Crippen LogP) is 4.24. The second-order valence-corrected chi connectivity index (χ2v) is 6.91. The molecule has 0 saturated carbocycles. The molecule has 0 saturated heterocycles. The van der Waals surface area contributed by atoms with E-state index >= 15 is 0 Å². The molecule has 0 spiro atoms. The second-order valence-electron chi connectivity index (χ2n) is 6.91. The van der Waals surface area contributed by atoms with Crippen LogP contribution in [-0.2, 0) is 0 Å². The van der Waals surface area contributed by atoms with Crippen LogP contribution in [0.2, 0.25) is 0 Å². The number of likely N-dealkylation sites (N-methyl/N-ethyl adjacent to an activating group) is 1. The molecule has 0 bridgehead atoms. The van der Waals surface area contributed by atoms with Gasteiger partial charge in [-0.25, -0.2) is 0 Å². The maximum Gasteiger partial charge on any atom is 0.0722 e. The summed E-state index contributed by atoms with van der Waals surface area (Å²) < 4.78 is 0. The van der Waals surface area contributed by atoms with Crippen LogP contribution in [0.3, 0.4) is 0 Å². The first-order valence-corrected chi connectivity index (χ1v) is 9.65. The molecule has 0 aliphatic rings. The third kappa shape index (κ3) is 4.21. The average molecular weight is 371 g/mol. The molecular weight excluding hydrogens is 346 g/mol. The number of anilines is 2. The normalized spacial score (nSPS) is 11.2. The highest BCUT2D eigenvalue weighted by Crippen LogP contribution is 2.21. The molecule has 0 radical (unpaired) electrons. The van der Waals surface area contributed by atoms with Crippen LogP contribution in [0.5, 0.6) is 0 Å². The molecule has 0 unspecified atom stereocenters. The third-order valence-corrected chi connectivity index (χ3v) is 4.92. The zero-order valence-electron chi connectivity index (χ0n) is 16.1. The summed E-state index contributed by atoms with van der Waals surface area (Å²) in [4.78, 5) is 11.2. The minimum atomic E-state index is 0.892. The van der Waals surface area contributed by atoms with Crippen LogP contribution in [0.4, 0.5) is 11.4 Å². The van der Waals surface area contributed by atoms with Gasteiger partial charge in [-0.2, -0.15) is 0 Å². The number of hydrogen-bond donors (Lipinski definition) is 2. The number of rotatable bonds is 8. The molecule has 142 valence electrons. The lowest BCUT2D eigenvalue weighted by molar-refractivity contribution is 0.361. The highest BCUT2D eigenvalue weighted by Gasteiger charge is 2.04. The predicted molar refractivity (Wildman–Crippen MR) is 118 cm³/mol. The molecule has 2 aromatic carbocycles. The Bertz CT molecular complexity index is 967. The van der Waals surface area contributed by atoms with Crippen LogP contribution in [0, 0.1) is 0 Å². The summed E-state index contributed by atoms with van der Waals surface area (Å²) in [5.74, 6) is 0. The fraction of sp³-hybridized carbons (Fsp3) is 0.217. The maximum atomic E-state index is 4.41. The Labute approximate surface area is 165 Å². The molecule has 5 heteroatoms. The standard InChI is InChI=1S/C23H25N5/c1-28(16-14-26-22-10-12-24-20-8-4-2-6-18(20)22)17-15-27-23-11-13-25-21-9-5-3-7-19(21)23/h2-13H,14-17H2,1H3,(H,24,26)(H,25,27). The smallest absolute Gasteiger partial charge is 0.0722 e. The van der Waals surface area contributed by atoms with Crippen molar-refractivity contribution in [1.29, 1.82) is 0 Å². The van der Waals surface area contributed by atoms with E-state index in [2.05, 4.69) is 56.8 Å². The molecule has 4 rings (SSSR count). The SMILES string of the molecule is CN(CCNc1ccnc2ccccc12)CCNc1ccnc2ccccc12. The van der Waals surface area contributed by atoms with Gasteiger partial charge in [0, 0.05) is 60.7 Å². The van der Waals surface area contributed by atoms with Crippen LogP contribution in [0.25, 0.3) is 21.8 Å². The molecule has 0 atom stereocenters. The molecule has 28 heavy (non-hydrogen) atoms. The van der Waals surface area contributed by atoms with Crippen LogP contribution in [0.15, 0.2) is 73.1 Å². The minimum Gasteiger partial charge on any atom is -0.383 e. The van der Waals surface area contributed by atoms with Gasteiger partial charge >= 0.3 is 0 Å². The molecular formula is C23H25N5. The lowest BCUT2D eigenvalue weighted by Gasteiger charge is -2.19. The molecule has 0 aliphatic heterocycles. The van der Waals surface area contributed by atoms with Crippen molar-refractivity contribution in [2.75, 3.05) is 43.9 Å². The average Bonchev–Trinajstić information content (AvgIpc) is 2.74. The van der Waals surface area contributed by atoms with Crippen molar-refractivity contribution in [1.82, 2.24) is 14.9 Å². The van der Waals surface area contributed by atoms with Gasteiger partial charge in [0.1, 0.15) is 0 Å². The van der Waals surface area contributed by atoms with Gasteiger partial charge in [-0.1, -0.05) is 36.4 Å². The Morgan fingerprint density at radius 2 is 1.14 bits per heavy atom. The van der Waals surface area contributed by atoms with Crippen molar-refractivity contribution < 1.29 is 0 Å². The van der Waals surface area contributed by atoms with Crippen LogP contribution in [0.1, 0.15) is 0 Å². The number of fused-ring (bicyclic) bond motifs is 2. The molecule has 0 aliphatic carbocycles. The van der Waals surface area contributed by atoms with Crippen molar-refractivity contribution in [3.05, 3.63) is 73.1 Å². The lowest BCUT2D eigenvalue weighted by atomic mass is 10.2. The Morgan fingerprint density at radius 3 is 1.64 bits per heavy atom. The Morgan fingerprint density at radius 1 is 0.679 bits per heavy atom. The van der Waals surface area contributed by atoms with E-state index in [9.17, 15) is 0 Å². The van der Waals surface area contributed by atoms with Gasteiger partial charge in [-0.15, -0.1) is 0 Å². The van der Waals surface area contributed by atoms with E-state index in [1.165, 1.54) is 10.8 Å². The number of aromatic nitrogens is 2. The topological polar surface area (TPSA) is 53.1 Å². The Balaban J connectivity index is 1.26. The van der Waals surface area contributed by atoms with E-state index in [1.54, 1.807) is 0 Å². The first-order valence-electron chi connectivity index (χ1n) is 9.65. The van der Waals surface area contributed by atoms with Crippen molar-refractivity contribution in [2.24, 2.45) is 0 Å². The highest BCUT2D eigenvalue weighted by molar-refractivity contribution is 5.91. The molecule has 0 amide bonds. The summed E-state index contributed by atoms with van der Waals surface area (Å²) in [6.07, 6.45) is 3.72. The van der Waals surface area contributed by atoms with Crippen LogP contribution < -0.4 is 10.6 Å².